The third-order valence-corrected chi connectivity index (χ3v) is 14.0. The molecule has 0 saturated heterocycles. The summed E-state index contributed by atoms with van der Waals surface area (Å²) in [6.45, 7) is 0. The monoisotopic (exact) mass is 923 g/mol. The first-order chi connectivity index (χ1) is 35.6. The lowest BCUT2D eigenvalue weighted by Crippen LogP contribution is -2.05. The summed E-state index contributed by atoms with van der Waals surface area (Å²) in [5.41, 5.74) is 15.1. The van der Waals surface area contributed by atoms with E-state index in [1.165, 1.54) is 22.2 Å². The summed E-state index contributed by atoms with van der Waals surface area (Å²) in [5.74, 6) is 1.71. The number of para-hydroxylation sites is 5. The molecule has 0 bridgehead atoms. The van der Waals surface area contributed by atoms with Crippen LogP contribution in [0.25, 0.3) is 123 Å². The van der Waals surface area contributed by atoms with Crippen LogP contribution in [0.2, 0.25) is 0 Å². The van der Waals surface area contributed by atoms with Gasteiger partial charge in [0.2, 0.25) is 5.43 Å². The Kier molecular flexibility index (Phi) is 9.60. The van der Waals surface area contributed by atoms with Gasteiger partial charge >= 0.3 is 0 Å². The molecule has 72 heavy (non-hydrogen) atoms. The Hall–Kier alpha value is -9.72. The maximum absolute atomic E-state index is 14.7. The zero-order valence-electron chi connectivity index (χ0n) is 38.8. The summed E-state index contributed by atoms with van der Waals surface area (Å²) >= 11 is 0. The Morgan fingerprint density at radius 2 is 0.972 bits per heavy atom. The Balaban J connectivity index is 0.910. The summed E-state index contributed by atoms with van der Waals surface area (Å²) in [7, 11) is 0. The Bertz CT molecular complexity index is 4370. The number of aromatic nitrogens is 5. The van der Waals surface area contributed by atoms with Crippen LogP contribution in [0, 0.1) is 0 Å². The van der Waals surface area contributed by atoms with E-state index in [2.05, 4.69) is 137 Å². The number of hydrogen-bond acceptors (Lipinski definition) is 5. The summed E-state index contributed by atoms with van der Waals surface area (Å²) in [4.78, 5) is 29.6. The van der Waals surface area contributed by atoms with Crippen LogP contribution in [-0.2, 0) is 6.42 Å². The molecule has 4 heterocycles. The Morgan fingerprint density at radius 3 is 1.71 bits per heavy atom. The smallest absolute Gasteiger partial charge is 0.200 e. The second-order valence-corrected chi connectivity index (χ2v) is 18.2. The second-order valence-electron chi connectivity index (χ2n) is 18.2. The predicted octanol–water partition coefficient (Wildman–Crippen LogP) is 15.5. The van der Waals surface area contributed by atoms with Crippen molar-refractivity contribution in [3.63, 3.8) is 0 Å². The first-order valence-corrected chi connectivity index (χ1v) is 24.2. The van der Waals surface area contributed by atoms with Crippen LogP contribution >= 0.6 is 0 Å². The first-order valence-electron chi connectivity index (χ1n) is 24.2. The second kappa shape index (κ2) is 16.8. The van der Waals surface area contributed by atoms with E-state index < -0.39 is 0 Å². The fourth-order valence-electron chi connectivity index (χ4n) is 10.7. The van der Waals surface area contributed by atoms with E-state index in [1.807, 2.05) is 109 Å². The van der Waals surface area contributed by atoms with E-state index >= 15 is 0 Å². The highest BCUT2D eigenvalue weighted by Gasteiger charge is 2.22. The van der Waals surface area contributed by atoms with Gasteiger partial charge in [0.1, 0.15) is 5.58 Å². The summed E-state index contributed by atoms with van der Waals surface area (Å²) in [5, 5.41) is 4.46. The zero-order valence-corrected chi connectivity index (χ0v) is 38.8. The molecule has 0 unspecified atom stereocenters. The van der Waals surface area contributed by atoms with Gasteiger partial charge in [-0.3, -0.25) is 4.79 Å². The highest BCUT2D eigenvalue weighted by Crippen LogP contribution is 2.40. The molecule has 1 aliphatic rings. The van der Waals surface area contributed by atoms with Gasteiger partial charge in [-0.05, 0) is 83.4 Å². The molecule has 0 atom stereocenters. The molecule has 0 saturated carbocycles. The molecule has 14 rings (SSSR count). The lowest BCUT2D eigenvalue weighted by atomic mass is 9.99. The summed E-state index contributed by atoms with van der Waals surface area (Å²) in [6.07, 6.45) is 7.70. The minimum Gasteiger partial charge on any atom is -0.453 e. The van der Waals surface area contributed by atoms with E-state index in [9.17, 15) is 4.79 Å². The Labute approximate surface area is 413 Å². The number of allylic oxidation sites excluding steroid dienone is 3. The molecule has 1 aliphatic carbocycles. The van der Waals surface area contributed by atoms with Crippen LogP contribution in [0.15, 0.2) is 240 Å². The summed E-state index contributed by atoms with van der Waals surface area (Å²) in [6, 6.07) is 74.3. The lowest BCUT2D eigenvalue weighted by Gasteiger charge is -2.13. The van der Waals surface area contributed by atoms with Crippen LogP contribution in [0.5, 0.6) is 0 Å². The SMILES string of the molecule is O=c1c2cccc(-c3cccc(-c4nc(-c5ccccc5)nc(-c5ccccc5)n4)c3)c2oc2c(-n3c4ccccc4c4cc(C5=Cc6c(n(-c7ccccc7)c7ccccc67)CC=C5)ccc43)cccc12. The third-order valence-electron chi connectivity index (χ3n) is 14.0. The fourth-order valence-corrected chi connectivity index (χ4v) is 10.7. The normalized spacial score (nSPS) is 12.5. The van der Waals surface area contributed by atoms with Crippen LogP contribution in [0.3, 0.4) is 0 Å². The summed E-state index contributed by atoms with van der Waals surface area (Å²) < 4.78 is 11.8. The standard InChI is InChI=1S/C65H41N5O2/c71-60-51-30-16-29-48(45-23-14-24-46(38-45)65-67-63(41-18-4-1-5-19-41)66-64(68-65)42-20-6-2-7-21-42)61(51)72-62-52(60)31-17-35-59(62)70-56-33-13-11-28-50(56)54-40-44(36-37-58(54)70)43-22-15-34-57-53(39-43)49-27-10-12-32-55(49)69(57)47-25-8-3-9-26-47/h1-33,35-40H,34H2. The van der Waals surface area contributed by atoms with Crippen LogP contribution < -0.4 is 5.43 Å². The molecule has 4 aromatic heterocycles. The average molecular weight is 924 g/mol. The maximum Gasteiger partial charge on any atom is 0.200 e. The van der Waals surface area contributed by atoms with E-state index in [4.69, 9.17) is 19.4 Å². The van der Waals surface area contributed by atoms with Gasteiger partial charge in [-0.25, -0.2) is 15.0 Å². The molecular formula is C65H41N5O2. The molecular weight excluding hydrogens is 883 g/mol. The first kappa shape index (κ1) is 41.3. The van der Waals surface area contributed by atoms with Crippen molar-refractivity contribution >= 4 is 66.3 Å². The van der Waals surface area contributed by atoms with Crippen LogP contribution in [0.1, 0.15) is 16.8 Å². The molecule has 338 valence electrons. The van der Waals surface area contributed by atoms with Gasteiger partial charge in [0, 0.05) is 61.8 Å². The number of hydrogen-bond donors (Lipinski definition) is 0. The van der Waals surface area contributed by atoms with Gasteiger partial charge in [-0.1, -0.05) is 170 Å². The van der Waals surface area contributed by atoms with Crippen LogP contribution in [0.4, 0.5) is 0 Å². The van der Waals surface area contributed by atoms with Gasteiger partial charge in [-0.2, -0.15) is 0 Å². The van der Waals surface area contributed by atoms with Crippen molar-refractivity contribution in [2.24, 2.45) is 0 Å². The van der Waals surface area contributed by atoms with Gasteiger partial charge in [0.25, 0.3) is 0 Å². The van der Waals surface area contributed by atoms with Crippen molar-refractivity contribution in [2.45, 2.75) is 6.42 Å². The van der Waals surface area contributed by atoms with Crippen LogP contribution in [-0.4, -0.2) is 24.1 Å². The maximum atomic E-state index is 14.7. The quantitative estimate of drug-likeness (QED) is 0.149. The molecule has 0 radical (unpaired) electrons. The van der Waals surface area contributed by atoms with Gasteiger partial charge < -0.3 is 13.6 Å². The molecule has 7 heteroatoms. The Morgan fingerprint density at radius 1 is 0.417 bits per heavy atom. The molecule has 0 spiro atoms. The molecule has 0 amide bonds. The largest absolute Gasteiger partial charge is 0.453 e. The minimum atomic E-state index is -0.0910. The van der Waals surface area contributed by atoms with Crippen molar-refractivity contribution in [1.82, 2.24) is 24.1 Å². The van der Waals surface area contributed by atoms with Crippen molar-refractivity contribution in [2.75, 3.05) is 0 Å². The lowest BCUT2D eigenvalue weighted by molar-refractivity contribution is 0.658. The van der Waals surface area contributed by atoms with E-state index in [0.717, 1.165) is 78.6 Å². The van der Waals surface area contributed by atoms with E-state index in [1.54, 1.807) is 0 Å². The molecule has 0 aliphatic heterocycles. The minimum absolute atomic E-state index is 0.0910. The predicted molar refractivity (Wildman–Crippen MR) is 293 cm³/mol. The van der Waals surface area contributed by atoms with Crippen molar-refractivity contribution in [1.29, 1.82) is 0 Å². The number of nitrogens with zero attached hydrogens (tertiary/aromatic N) is 5. The van der Waals surface area contributed by atoms with Crippen molar-refractivity contribution in [3.8, 4) is 56.7 Å². The van der Waals surface area contributed by atoms with Crippen molar-refractivity contribution < 1.29 is 4.42 Å². The van der Waals surface area contributed by atoms with E-state index in [-0.39, 0.29) is 5.43 Å². The van der Waals surface area contributed by atoms with Gasteiger partial charge in [-0.15, -0.1) is 0 Å². The van der Waals surface area contributed by atoms with E-state index in [0.29, 0.717) is 39.4 Å². The molecule has 9 aromatic carbocycles. The average Bonchev–Trinajstić information content (AvgIpc) is 3.84. The molecule has 0 N–H and O–H groups in total. The molecule has 0 fully saturated rings. The highest BCUT2D eigenvalue weighted by atomic mass is 16.3. The third kappa shape index (κ3) is 6.74. The van der Waals surface area contributed by atoms with Crippen molar-refractivity contribution in [3.05, 3.63) is 258 Å². The zero-order chi connectivity index (χ0) is 47.7. The fraction of sp³-hybridized carbons (Fsp3) is 0.0154. The number of fused-ring (bicyclic) bond motifs is 8. The topological polar surface area (TPSA) is 78.7 Å². The highest BCUT2D eigenvalue weighted by molar-refractivity contribution is 6.12. The van der Waals surface area contributed by atoms with Gasteiger partial charge in [0.15, 0.2) is 23.1 Å². The number of rotatable bonds is 7. The number of benzene rings is 9. The molecule has 13 aromatic rings. The molecule has 7 nitrogen and oxygen atoms in total. The van der Waals surface area contributed by atoms with Gasteiger partial charge in [0.05, 0.1) is 33.0 Å².